The van der Waals surface area contributed by atoms with E-state index >= 15 is 0 Å². The average Bonchev–Trinajstić information content (AvgIpc) is 3.16. The third-order valence-electron chi connectivity index (χ3n) is 4.42. The van der Waals surface area contributed by atoms with Crippen LogP contribution in [0.25, 0.3) is 0 Å². The average molecular weight is 340 g/mol. The zero-order chi connectivity index (χ0) is 17.6. The van der Waals surface area contributed by atoms with Gasteiger partial charge in [0.05, 0.1) is 5.56 Å². The minimum atomic E-state index is -0.701. The molecule has 2 aromatic rings. The van der Waals surface area contributed by atoms with Crippen molar-refractivity contribution in [3.63, 3.8) is 0 Å². The Kier molecular flexibility index (Phi) is 5.43. The summed E-state index contributed by atoms with van der Waals surface area (Å²) in [6, 6.07) is 14.6. The normalized spacial score (nSPS) is 15.0. The van der Waals surface area contributed by atoms with Gasteiger partial charge < -0.3 is 10.2 Å². The number of carbonyl (C=O) groups is 2. The lowest BCUT2D eigenvalue weighted by Gasteiger charge is -2.24. The number of likely N-dealkylation sites (tertiary alicyclic amines) is 1. The molecule has 2 aromatic carbocycles. The summed E-state index contributed by atoms with van der Waals surface area (Å²) in [6.07, 6.45) is 2.34. The lowest BCUT2D eigenvalue weighted by atomic mass is 10.0. The Morgan fingerprint density at radius 3 is 2.32 bits per heavy atom. The summed E-state index contributed by atoms with van der Waals surface area (Å²) in [5.74, 6) is -1.26. The van der Waals surface area contributed by atoms with E-state index in [9.17, 15) is 14.0 Å². The molecule has 2 amide bonds. The first-order valence-electron chi connectivity index (χ1n) is 8.53. The highest BCUT2D eigenvalue weighted by Gasteiger charge is 2.28. The number of carbonyl (C=O) groups excluding carboxylic acids is 2. The third kappa shape index (κ3) is 4.24. The van der Waals surface area contributed by atoms with Crippen LogP contribution in [0.4, 0.5) is 4.39 Å². The van der Waals surface area contributed by atoms with Gasteiger partial charge in [0.2, 0.25) is 5.91 Å². The SMILES string of the molecule is O=C(NC(Cc1ccccc1)C(=O)N1CCCC1)c1ccccc1F. The summed E-state index contributed by atoms with van der Waals surface area (Å²) in [5.41, 5.74) is 0.906. The summed E-state index contributed by atoms with van der Waals surface area (Å²) in [4.78, 5) is 27.1. The van der Waals surface area contributed by atoms with Gasteiger partial charge in [-0.25, -0.2) is 4.39 Å². The molecule has 1 aliphatic rings. The number of halogens is 1. The number of nitrogens with one attached hydrogen (secondary N) is 1. The van der Waals surface area contributed by atoms with Crippen LogP contribution in [0, 0.1) is 5.82 Å². The second-order valence-electron chi connectivity index (χ2n) is 6.23. The second kappa shape index (κ2) is 7.92. The van der Waals surface area contributed by atoms with Crippen molar-refractivity contribution in [2.45, 2.75) is 25.3 Å². The smallest absolute Gasteiger partial charge is 0.254 e. The highest BCUT2D eigenvalue weighted by molar-refractivity contribution is 5.97. The highest BCUT2D eigenvalue weighted by Crippen LogP contribution is 2.13. The van der Waals surface area contributed by atoms with E-state index in [2.05, 4.69) is 5.32 Å². The van der Waals surface area contributed by atoms with Crippen LogP contribution in [-0.2, 0) is 11.2 Å². The van der Waals surface area contributed by atoms with Crippen molar-refractivity contribution in [2.24, 2.45) is 0 Å². The number of benzene rings is 2. The summed E-state index contributed by atoms with van der Waals surface area (Å²) in [5, 5.41) is 2.73. The molecule has 4 nitrogen and oxygen atoms in total. The van der Waals surface area contributed by atoms with E-state index < -0.39 is 17.8 Å². The molecule has 0 saturated carbocycles. The van der Waals surface area contributed by atoms with Crippen molar-refractivity contribution in [1.29, 1.82) is 0 Å². The molecule has 1 fully saturated rings. The molecule has 0 radical (unpaired) electrons. The van der Waals surface area contributed by atoms with Crippen molar-refractivity contribution in [2.75, 3.05) is 13.1 Å². The van der Waals surface area contributed by atoms with E-state index in [1.807, 2.05) is 30.3 Å². The first-order chi connectivity index (χ1) is 12.1. The fourth-order valence-electron chi connectivity index (χ4n) is 3.09. The quantitative estimate of drug-likeness (QED) is 0.910. The fraction of sp³-hybridized carbons (Fsp3) is 0.300. The maximum Gasteiger partial charge on any atom is 0.254 e. The number of amides is 2. The van der Waals surface area contributed by atoms with Crippen molar-refractivity contribution in [3.8, 4) is 0 Å². The van der Waals surface area contributed by atoms with Gasteiger partial charge in [0.15, 0.2) is 0 Å². The largest absolute Gasteiger partial charge is 0.341 e. The van der Waals surface area contributed by atoms with Gasteiger partial charge in [0, 0.05) is 19.5 Å². The van der Waals surface area contributed by atoms with E-state index in [4.69, 9.17) is 0 Å². The van der Waals surface area contributed by atoms with Crippen molar-refractivity contribution in [3.05, 3.63) is 71.5 Å². The molecule has 0 bridgehead atoms. The first-order valence-corrected chi connectivity index (χ1v) is 8.53. The van der Waals surface area contributed by atoms with Gasteiger partial charge in [-0.1, -0.05) is 42.5 Å². The fourth-order valence-corrected chi connectivity index (χ4v) is 3.09. The number of hydrogen-bond donors (Lipinski definition) is 1. The van der Waals surface area contributed by atoms with Gasteiger partial charge in [-0.3, -0.25) is 9.59 Å². The summed E-state index contributed by atoms with van der Waals surface area (Å²) >= 11 is 0. The van der Waals surface area contributed by atoms with Gasteiger partial charge in [-0.05, 0) is 30.5 Å². The van der Waals surface area contributed by atoms with Crippen molar-refractivity contribution in [1.82, 2.24) is 10.2 Å². The van der Waals surface area contributed by atoms with Crippen LogP contribution in [0.15, 0.2) is 54.6 Å². The van der Waals surface area contributed by atoms with Crippen LogP contribution in [0.3, 0.4) is 0 Å². The topological polar surface area (TPSA) is 49.4 Å². The maximum absolute atomic E-state index is 13.9. The lowest BCUT2D eigenvalue weighted by Crippen LogP contribution is -2.49. The predicted molar refractivity (Wildman–Crippen MR) is 93.6 cm³/mol. The van der Waals surface area contributed by atoms with Crippen LogP contribution in [0.1, 0.15) is 28.8 Å². The van der Waals surface area contributed by atoms with Gasteiger partial charge in [-0.15, -0.1) is 0 Å². The third-order valence-corrected chi connectivity index (χ3v) is 4.42. The Labute approximate surface area is 146 Å². The van der Waals surface area contributed by atoms with Crippen LogP contribution < -0.4 is 5.32 Å². The molecule has 0 aliphatic carbocycles. The summed E-state index contributed by atoms with van der Waals surface area (Å²) in [7, 11) is 0. The van der Waals surface area contributed by atoms with E-state index in [0.29, 0.717) is 19.5 Å². The molecule has 1 saturated heterocycles. The highest BCUT2D eigenvalue weighted by atomic mass is 19.1. The molecule has 0 spiro atoms. The Hall–Kier alpha value is -2.69. The zero-order valence-corrected chi connectivity index (χ0v) is 14.0. The molecule has 0 aromatic heterocycles. The molecule has 1 heterocycles. The molecular weight excluding hydrogens is 319 g/mol. The van der Waals surface area contributed by atoms with E-state index in [0.717, 1.165) is 18.4 Å². The van der Waals surface area contributed by atoms with Gasteiger partial charge in [0.1, 0.15) is 11.9 Å². The molecule has 1 N–H and O–H groups in total. The number of hydrogen-bond acceptors (Lipinski definition) is 2. The van der Waals surface area contributed by atoms with Crippen molar-refractivity contribution >= 4 is 11.8 Å². The molecule has 1 aliphatic heterocycles. The van der Waals surface area contributed by atoms with E-state index in [-0.39, 0.29) is 11.5 Å². The zero-order valence-electron chi connectivity index (χ0n) is 14.0. The van der Waals surface area contributed by atoms with Gasteiger partial charge in [-0.2, -0.15) is 0 Å². The first kappa shape index (κ1) is 17.1. The molecule has 25 heavy (non-hydrogen) atoms. The van der Waals surface area contributed by atoms with Crippen LogP contribution >= 0.6 is 0 Å². The Balaban J connectivity index is 1.79. The van der Waals surface area contributed by atoms with E-state index in [1.54, 1.807) is 11.0 Å². The monoisotopic (exact) mass is 340 g/mol. The Morgan fingerprint density at radius 1 is 1.00 bits per heavy atom. The molecular formula is C20H21FN2O2. The minimum absolute atomic E-state index is 0.0465. The molecule has 3 rings (SSSR count). The van der Waals surface area contributed by atoms with Crippen LogP contribution in [0.2, 0.25) is 0 Å². The van der Waals surface area contributed by atoms with E-state index in [1.165, 1.54) is 18.2 Å². The Morgan fingerprint density at radius 2 is 1.64 bits per heavy atom. The maximum atomic E-state index is 13.9. The predicted octanol–water partition coefficient (Wildman–Crippen LogP) is 2.79. The van der Waals surface area contributed by atoms with Crippen LogP contribution in [0.5, 0.6) is 0 Å². The lowest BCUT2D eigenvalue weighted by molar-refractivity contribution is -0.132. The minimum Gasteiger partial charge on any atom is -0.341 e. The molecule has 1 unspecified atom stereocenters. The van der Waals surface area contributed by atoms with Gasteiger partial charge >= 0.3 is 0 Å². The summed E-state index contributed by atoms with van der Waals surface area (Å²) in [6.45, 7) is 1.42. The Bertz CT molecular complexity index is 742. The van der Waals surface area contributed by atoms with Crippen LogP contribution in [-0.4, -0.2) is 35.8 Å². The standard InChI is InChI=1S/C20H21FN2O2/c21-17-11-5-4-10-16(17)19(24)22-18(14-15-8-2-1-3-9-15)20(25)23-12-6-7-13-23/h1-5,8-11,18H,6-7,12-14H2,(H,22,24). The molecule has 5 heteroatoms. The summed E-state index contributed by atoms with van der Waals surface area (Å²) < 4.78 is 13.9. The molecule has 1 atom stereocenters. The van der Waals surface area contributed by atoms with Gasteiger partial charge in [0.25, 0.3) is 5.91 Å². The number of nitrogens with zero attached hydrogens (tertiary/aromatic N) is 1. The number of rotatable bonds is 5. The molecule has 130 valence electrons. The van der Waals surface area contributed by atoms with Crippen molar-refractivity contribution < 1.29 is 14.0 Å². The second-order valence-corrected chi connectivity index (χ2v) is 6.23.